The van der Waals surface area contributed by atoms with Crippen molar-refractivity contribution in [1.29, 1.82) is 0 Å². The number of para-hydroxylation sites is 1. The van der Waals surface area contributed by atoms with Crippen LogP contribution in [0.3, 0.4) is 0 Å². The average Bonchev–Trinajstić information content (AvgIpc) is 3.17. The van der Waals surface area contributed by atoms with E-state index in [2.05, 4.69) is 16.0 Å². The summed E-state index contributed by atoms with van der Waals surface area (Å²) in [5.41, 5.74) is 3.81. The molecule has 0 aliphatic heterocycles. The van der Waals surface area contributed by atoms with E-state index >= 15 is 0 Å². The van der Waals surface area contributed by atoms with Crippen LogP contribution in [-0.2, 0) is 16.0 Å². The maximum absolute atomic E-state index is 11.8. The largest absolute Gasteiger partial charge is 0.361 e. The zero-order valence-electron chi connectivity index (χ0n) is 12.7. The number of nitrogens with zero attached hydrogens (tertiary/aromatic N) is 2. The molecule has 0 spiro atoms. The number of carbonyl (C=O) groups excluding carboxylic acids is 2. The van der Waals surface area contributed by atoms with Gasteiger partial charge in [0.2, 0.25) is 6.08 Å². The minimum absolute atomic E-state index is 0.0507. The van der Waals surface area contributed by atoms with E-state index in [4.69, 9.17) is 0 Å². The minimum atomic E-state index is -0.503. The molecule has 0 radical (unpaired) electrons. The Balaban J connectivity index is 1.94. The molecule has 1 N–H and O–H groups in total. The minimum Gasteiger partial charge on any atom is -0.361 e. The highest BCUT2D eigenvalue weighted by molar-refractivity contribution is 5.89. The van der Waals surface area contributed by atoms with Crippen LogP contribution in [-0.4, -0.2) is 21.5 Å². The Labute approximate surface area is 137 Å². The molecule has 24 heavy (non-hydrogen) atoms. The summed E-state index contributed by atoms with van der Waals surface area (Å²) >= 11 is 0. The van der Waals surface area contributed by atoms with Crippen molar-refractivity contribution < 1.29 is 9.59 Å². The fraction of sp³-hybridized carbons (Fsp3) is 0.0526. The third kappa shape index (κ3) is 2.33. The fourth-order valence-electron chi connectivity index (χ4n) is 3.07. The number of aromatic amines is 1. The molecule has 2 aromatic heterocycles. The standard InChI is InChI=1S/C19H13N3O2/c23-12-21-19(24)11-16-10-14-3-1-2-4-18(14)22(16)15-5-6-17-13(9-15)7-8-20-17/h1-10,20H,11H2. The van der Waals surface area contributed by atoms with Crippen molar-refractivity contribution in [3.63, 3.8) is 0 Å². The monoisotopic (exact) mass is 315 g/mol. The van der Waals surface area contributed by atoms with Crippen molar-refractivity contribution in [2.75, 3.05) is 0 Å². The molecule has 0 fully saturated rings. The molecular formula is C19H13N3O2. The lowest BCUT2D eigenvalue weighted by atomic mass is 10.2. The Hall–Kier alpha value is -3.43. The number of hydrogen-bond acceptors (Lipinski definition) is 2. The van der Waals surface area contributed by atoms with Gasteiger partial charge in [0.15, 0.2) is 0 Å². The quantitative estimate of drug-likeness (QED) is 0.464. The summed E-state index contributed by atoms with van der Waals surface area (Å²) in [6.07, 6.45) is 3.26. The number of rotatable bonds is 3. The lowest BCUT2D eigenvalue weighted by molar-refractivity contribution is -0.117. The maximum Gasteiger partial charge on any atom is 0.262 e. The van der Waals surface area contributed by atoms with E-state index in [0.29, 0.717) is 0 Å². The van der Waals surface area contributed by atoms with E-state index in [9.17, 15) is 9.59 Å². The Kier molecular flexibility index (Phi) is 3.34. The van der Waals surface area contributed by atoms with E-state index < -0.39 is 5.91 Å². The van der Waals surface area contributed by atoms with Gasteiger partial charge in [-0.25, -0.2) is 4.79 Å². The summed E-state index contributed by atoms with van der Waals surface area (Å²) in [5.74, 6) is -0.503. The van der Waals surface area contributed by atoms with Crippen LogP contribution in [0.4, 0.5) is 0 Å². The van der Waals surface area contributed by atoms with Crippen LogP contribution in [0.15, 0.2) is 65.8 Å². The first-order valence-corrected chi connectivity index (χ1v) is 7.54. The van der Waals surface area contributed by atoms with Gasteiger partial charge < -0.3 is 9.55 Å². The molecule has 0 unspecified atom stereocenters. The van der Waals surface area contributed by atoms with E-state index in [1.54, 1.807) is 0 Å². The molecule has 5 heteroatoms. The van der Waals surface area contributed by atoms with E-state index in [1.165, 1.54) is 6.08 Å². The third-order valence-corrected chi connectivity index (χ3v) is 4.08. The molecule has 1 amide bonds. The van der Waals surface area contributed by atoms with Crippen LogP contribution >= 0.6 is 0 Å². The number of carbonyl (C=O) groups is 1. The Morgan fingerprint density at radius 3 is 2.83 bits per heavy atom. The molecule has 0 saturated carbocycles. The molecule has 5 nitrogen and oxygen atoms in total. The number of nitrogens with one attached hydrogen (secondary N) is 1. The zero-order chi connectivity index (χ0) is 16.5. The lowest BCUT2D eigenvalue weighted by Crippen LogP contribution is -2.05. The first-order chi connectivity index (χ1) is 11.8. The van der Waals surface area contributed by atoms with Crippen molar-refractivity contribution in [2.45, 2.75) is 6.42 Å². The van der Waals surface area contributed by atoms with Crippen LogP contribution in [0.2, 0.25) is 0 Å². The van der Waals surface area contributed by atoms with Crippen LogP contribution in [0.25, 0.3) is 27.5 Å². The van der Waals surface area contributed by atoms with Gasteiger partial charge in [-0.1, -0.05) is 18.2 Å². The number of isocyanates is 1. The molecule has 0 aliphatic carbocycles. The number of fused-ring (bicyclic) bond motifs is 2. The number of hydrogen-bond donors (Lipinski definition) is 1. The van der Waals surface area contributed by atoms with Gasteiger partial charge in [0.05, 0.1) is 11.9 Å². The molecular weight excluding hydrogens is 302 g/mol. The number of aliphatic imine (C=N–C) groups is 1. The SMILES string of the molecule is O=C=NC(=O)Cc1cc2ccccc2n1-c1ccc2[nH]ccc2c1. The molecule has 4 rings (SSSR count). The van der Waals surface area contributed by atoms with Crippen molar-refractivity contribution in [3.05, 3.63) is 66.5 Å². The van der Waals surface area contributed by atoms with Crippen LogP contribution in [0.5, 0.6) is 0 Å². The zero-order valence-corrected chi connectivity index (χ0v) is 12.7. The van der Waals surface area contributed by atoms with Crippen LogP contribution in [0, 0.1) is 0 Å². The maximum atomic E-state index is 11.8. The van der Waals surface area contributed by atoms with Crippen molar-refractivity contribution >= 4 is 33.8 Å². The highest BCUT2D eigenvalue weighted by Crippen LogP contribution is 2.27. The van der Waals surface area contributed by atoms with Gasteiger partial charge in [-0.05, 0) is 36.4 Å². The number of amides is 1. The van der Waals surface area contributed by atoms with Gasteiger partial charge in [0.25, 0.3) is 5.91 Å². The number of H-pyrrole nitrogens is 1. The topological polar surface area (TPSA) is 67.2 Å². The second kappa shape index (κ2) is 5.65. The molecule has 0 aliphatic rings. The summed E-state index contributed by atoms with van der Waals surface area (Å²) < 4.78 is 2.03. The number of aromatic nitrogens is 2. The first-order valence-electron chi connectivity index (χ1n) is 7.54. The van der Waals surface area contributed by atoms with Gasteiger partial charge in [-0.15, -0.1) is 4.99 Å². The Morgan fingerprint density at radius 2 is 1.96 bits per heavy atom. The second-order valence-corrected chi connectivity index (χ2v) is 5.55. The van der Waals surface area contributed by atoms with E-state index in [-0.39, 0.29) is 6.42 Å². The predicted octanol–water partition coefficient (Wildman–Crippen LogP) is 3.52. The summed E-state index contributed by atoms with van der Waals surface area (Å²) in [7, 11) is 0. The molecule has 0 bridgehead atoms. The van der Waals surface area contributed by atoms with Gasteiger partial charge in [-0.3, -0.25) is 4.79 Å². The van der Waals surface area contributed by atoms with E-state index in [1.807, 2.05) is 59.3 Å². The van der Waals surface area contributed by atoms with Crippen LogP contribution < -0.4 is 0 Å². The second-order valence-electron chi connectivity index (χ2n) is 5.55. The van der Waals surface area contributed by atoms with E-state index in [0.717, 1.165) is 33.2 Å². The Morgan fingerprint density at radius 1 is 1.08 bits per heavy atom. The summed E-state index contributed by atoms with van der Waals surface area (Å²) in [6, 6.07) is 18.0. The normalized spacial score (nSPS) is 10.8. The summed E-state index contributed by atoms with van der Waals surface area (Å²) in [5, 5.41) is 2.12. The molecule has 4 aromatic rings. The van der Waals surface area contributed by atoms with Gasteiger partial charge in [-0.2, -0.15) is 0 Å². The molecule has 2 heterocycles. The molecule has 116 valence electrons. The molecule has 0 atom stereocenters. The van der Waals surface area contributed by atoms with Gasteiger partial charge >= 0.3 is 0 Å². The summed E-state index contributed by atoms with van der Waals surface area (Å²) in [4.78, 5) is 28.5. The lowest BCUT2D eigenvalue weighted by Gasteiger charge is -2.10. The third-order valence-electron chi connectivity index (χ3n) is 4.08. The van der Waals surface area contributed by atoms with Crippen molar-refractivity contribution in [3.8, 4) is 5.69 Å². The van der Waals surface area contributed by atoms with Crippen molar-refractivity contribution in [1.82, 2.24) is 9.55 Å². The highest BCUT2D eigenvalue weighted by Gasteiger charge is 2.14. The highest BCUT2D eigenvalue weighted by atomic mass is 16.2. The molecule has 2 aromatic carbocycles. The predicted molar refractivity (Wildman–Crippen MR) is 92.0 cm³/mol. The Bertz CT molecular complexity index is 1110. The number of benzene rings is 2. The first kappa shape index (κ1) is 14.2. The average molecular weight is 315 g/mol. The van der Waals surface area contributed by atoms with Crippen molar-refractivity contribution in [2.24, 2.45) is 4.99 Å². The van der Waals surface area contributed by atoms with Gasteiger partial charge in [0.1, 0.15) is 0 Å². The smallest absolute Gasteiger partial charge is 0.262 e. The fourth-order valence-corrected chi connectivity index (χ4v) is 3.07. The van der Waals surface area contributed by atoms with Crippen LogP contribution in [0.1, 0.15) is 5.69 Å². The van der Waals surface area contributed by atoms with Gasteiger partial charge in [0, 0.05) is 33.9 Å². The molecule has 0 saturated heterocycles. The summed E-state index contributed by atoms with van der Waals surface area (Å²) in [6.45, 7) is 0.